The second-order valence-corrected chi connectivity index (χ2v) is 14.2. The van der Waals surface area contributed by atoms with Gasteiger partial charge in [0, 0.05) is 12.4 Å². The maximum atomic E-state index is 6.15. The number of nitrogens with zero attached hydrogens (tertiary/aromatic N) is 2. The smallest absolute Gasteiger partial charge is 0.269 e. The van der Waals surface area contributed by atoms with Gasteiger partial charge in [0.1, 0.15) is 12.1 Å². The number of thiocarbonyl (C=S) groups is 1. The van der Waals surface area contributed by atoms with Crippen LogP contribution in [-0.2, 0) is 4.74 Å². The molecule has 3 nitrogen and oxygen atoms in total. The Labute approximate surface area is 172 Å². The summed E-state index contributed by atoms with van der Waals surface area (Å²) in [6, 6.07) is 0. The number of hydrogen-bond acceptors (Lipinski definition) is 3. The van der Waals surface area contributed by atoms with Gasteiger partial charge in [-0.25, -0.2) is 4.98 Å². The SMILES string of the molecule is CC(C)=CCC/C(C)=C/CC/C(C)=C/[C@H](OC(=S)n1ccnc1)[Si](C)(C)C. The van der Waals surface area contributed by atoms with Crippen LogP contribution >= 0.6 is 12.2 Å². The predicted octanol–water partition coefficient (Wildman–Crippen LogP) is 6.70. The first kappa shape index (κ1) is 23.6. The lowest BCUT2D eigenvalue weighted by atomic mass is 10.1. The molecule has 1 rings (SSSR count). The summed E-state index contributed by atoms with van der Waals surface area (Å²) in [6.07, 6.45) is 16.6. The normalized spacial score (nSPS) is 14.0. The molecule has 1 heterocycles. The standard InChI is InChI=1S/C22H36N2OSSi/c1-18(2)10-8-11-19(3)12-9-13-20(4)16-21(27(5,6)7)25-22(26)24-15-14-23-17-24/h10,12,14-17,21H,8-9,11,13H2,1-7H3/b19-12+,20-16+/t21-/m1/s1. The molecule has 0 aliphatic heterocycles. The molecule has 0 spiro atoms. The minimum atomic E-state index is -1.56. The first-order valence-electron chi connectivity index (χ1n) is 9.75. The van der Waals surface area contributed by atoms with Gasteiger partial charge in [-0.15, -0.1) is 0 Å². The van der Waals surface area contributed by atoms with E-state index in [4.69, 9.17) is 17.0 Å². The van der Waals surface area contributed by atoms with Crippen molar-refractivity contribution >= 4 is 25.5 Å². The van der Waals surface area contributed by atoms with Crippen molar-refractivity contribution in [2.24, 2.45) is 0 Å². The van der Waals surface area contributed by atoms with Crippen LogP contribution in [0.3, 0.4) is 0 Å². The van der Waals surface area contributed by atoms with Gasteiger partial charge in [0.25, 0.3) is 5.17 Å². The number of allylic oxidation sites excluding steroid dienone is 5. The van der Waals surface area contributed by atoms with Gasteiger partial charge in [0.05, 0.1) is 8.07 Å². The molecule has 0 fully saturated rings. The van der Waals surface area contributed by atoms with Crippen molar-refractivity contribution in [2.75, 3.05) is 0 Å². The quantitative estimate of drug-likeness (QED) is 0.260. The Kier molecular flexibility index (Phi) is 9.95. The van der Waals surface area contributed by atoms with Crippen LogP contribution in [0, 0.1) is 0 Å². The highest BCUT2D eigenvalue weighted by atomic mass is 32.1. The summed E-state index contributed by atoms with van der Waals surface area (Å²) in [5.41, 5.74) is 4.30. The molecule has 1 aromatic heterocycles. The Morgan fingerprint density at radius 3 is 2.26 bits per heavy atom. The van der Waals surface area contributed by atoms with E-state index in [1.165, 1.54) is 16.7 Å². The molecule has 0 radical (unpaired) electrons. The topological polar surface area (TPSA) is 27.1 Å². The summed E-state index contributed by atoms with van der Waals surface area (Å²) < 4.78 is 7.90. The predicted molar refractivity (Wildman–Crippen MR) is 124 cm³/mol. The van der Waals surface area contributed by atoms with Gasteiger partial charge in [-0.1, -0.05) is 48.5 Å². The summed E-state index contributed by atoms with van der Waals surface area (Å²) in [6.45, 7) is 15.7. The van der Waals surface area contributed by atoms with Crippen molar-refractivity contribution in [2.45, 2.75) is 78.7 Å². The van der Waals surface area contributed by atoms with E-state index in [1.54, 1.807) is 17.1 Å². The number of ether oxygens (including phenoxy) is 1. The summed E-state index contributed by atoms with van der Waals surface area (Å²) in [5.74, 6) is 0. The summed E-state index contributed by atoms with van der Waals surface area (Å²) in [4.78, 5) is 4.04. The van der Waals surface area contributed by atoms with Crippen molar-refractivity contribution in [3.05, 3.63) is 53.7 Å². The number of imidazole rings is 1. The van der Waals surface area contributed by atoms with Crippen molar-refractivity contribution < 1.29 is 4.74 Å². The minimum Gasteiger partial charge on any atom is -0.467 e. The van der Waals surface area contributed by atoms with Crippen LogP contribution in [0.1, 0.15) is 53.4 Å². The molecule has 0 unspecified atom stereocenters. The lowest BCUT2D eigenvalue weighted by Crippen LogP contribution is -2.41. The molecule has 0 aliphatic carbocycles. The highest BCUT2D eigenvalue weighted by molar-refractivity contribution is 7.80. The molecule has 0 aromatic carbocycles. The van der Waals surface area contributed by atoms with Crippen LogP contribution in [0.5, 0.6) is 0 Å². The van der Waals surface area contributed by atoms with Gasteiger partial charge >= 0.3 is 0 Å². The van der Waals surface area contributed by atoms with E-state index < -0.39 is 8.07 Å². The zero-order valence-electron chi connectivity index (χ0n) is 18.1. The first-order chi connectivity index (χ1) is 12.6. The van der Waals surface area contributed by atoms with Crippen LogP contribution in [0.15, 0.2) is 53.7 Å². The van der Waals surface area contributed by atoms with Gasteiger partial charge in [0.2, 0.25) is 0 Å². The van der Waals surface area contributed by atoms with E-state index in [-0.39, 0.29) is 5.73 Å². The van der Waals surface area contributed by atoms with E-state index in [0.717, 1.165) is 25.7 Å². The third-order valence-corrected chi connectivity index (χ3v) is 6.65. The molecule has 0 N–H and O–H groups in total. The Morgan fingerprint density at radius 1 is 1.07 bits per heavy atom. The van der Waals surface area contributed by atoms with Gasteiger partial charge in [0.15, 0.2) is 0 Å². The van der Waals surface area contributed by atoms with E-state index in [9.17, 15) is 0 Å². The summed E-state index contributed by atoms with van der Waals surface area (Å²) >= 11 is 5.43. The Hall–Kier alpha value is -1.46. The largest absolute Gasteiger partial charge is 0.467 e. The fraction of sp³-hybridized carbons (Fsp3) is 0.545. The average molecular weight is 405 g/mol. The van der Waals surface area contributed by atoms with Crippen LogP contribution in [0.4, 0.5) is 0 Å². The highest BCUT2D eigenvalue weighted by Gasteiger charge is 2.28. The third-order valence-electron chi connectivity index (χ3n) is 4.36. The lowest BCUT2D eigenvalue weighted by Gasteiger charge is -2.28. The summed E-state index contributed by atoms with van der Waals surface area (Å²) in [7, 11) is -1.56. The average Bonchev–Trinajstić information content (AvgIpc) is 3.07. The molecule has 0 saturated carbocycles. The Balaban J connectivity index is 2.63. The van der Waals surface area contributed by atoms with E-state index in [1.807, 2.05) is 6.20 Å². The van der Waals surface area contributed by atoms with Crippen molar-refractivity contribution in [1.29, 1.82) is 0 Å². The van der Waals surface area contributed by atoms with Gasteiger partial charge in [-0.05, 0) is 71.7 Å². The second kappa shape index (κ2) is 11.4. The zero-order chi connectivity index (χ0) is 20.4. The van der Waals surface area contributed by atoms with Gasteiger partial charge in [-0.3, -0.25) is 4.57 Å². The number of hydrogen-bond donors (Lipinski definition) is 0. The fourth-order valence-corrected chi connectivity index (χ4v) is 4.12. The molecular weight excluding hydrogens is 368 g/mol. The monoisotopic (exact) mass is 404 g/mol. The van der Waals surface area contributed by atoms with Crippen LogP contribution in [0.2, 0.25) is 19.6 Å². The molecule has 5 heteroatoms. The molecule has 27 heavy (non-hydrogen) atoms. The molecular formula is C22H36N2OSSi. The summed E-state index contributed by atoms with van der Waals surface area (Å²) in [5, 5.41) is 0.471. The number of rotatable bonds is 9. The van der Waals surface area contributed by atoms with Crippen molar-refractivity contribution in [3.63, 3.8) is 0 Å². The molecule has 0 aliphatic rings. The van der Waals surface area contributed by atoms with Gasteiger partial charge in [-0.2, -0.15) is 0 Å². The molecule has 0 amide bonds. The molecule has 0 bridgehead atoms. The van der Waals surface area contributed by atoms with E-state index in [2.05, 4.69) is 70.5 Å². The van der Waals surface area contributed by atoms with Crippen LogP contribution in [0.25, 0.3) is 0 Å². The van der Waals surface area contributed by atoms with E-state index >= 15 is 0 Å². The maximum absolute atomic E-state index is 6.15. The van der Waals surface area contributed by atoms with E-state index in [0.29, 0.717) is 5.17 Å². The molecule has 1 aromatic rings. The Morgan fingerprint density at radius 2 is 1.70 bits per heavy atom. The molecule has 150 valence electrons. The maximum Gasteiger partial charge on any atom is 0.269 e. The lowest BCUT2D eigenvalue weighted by molar-refractivity contribution is 0.296. The fourth-order valence-electron chi connectivity index (χ4n) is 2.58. The third kappa shape index (κ3) is 9.87. The van der Waals surface area contributed by atoms with Gasteiger partial charge < -0.3 is 4.74 Å². The minimum absolute atomic E-state index is 0.0649. The second-order valence-electron chi connectivity index (χ2n) is 8.56. The first-order valence-corrected chi connectivity index (χ1v) is 13.7. The zero-order valence-corrected chi connectivity index (χ0v) is 19.9. The Bertz CT molecular complexity index is 678. The number of aromatic nitrogens is 2. The molecule has 0 saturated heterocycles. The van der Waals surface area contributed by atoms with Crippen LogP contribution < -0.4 is 0 Å². The van der Waals surface area contributed by atoms with Crippen molar-refractivity contribution in [3.8, 4) is 0 Å². The van der Waals surface area contributed by atoms with Crippen molar-refractivity contribution in [1.82, 2.24) is 9.55 Å². The van der Waals surface area contributed by atoms with Crippen LogP contribution in [-0.4, -0.2) is 28.5 Å². The highest BCUT2D eigenvalue weighted by Crippen LogP contribution is 2.18. The molecule has 1 atom stereocenters.